The van der Waals surface area contributed by atoms with Crippen LogP contribution in [0.15, 0.2) is 0 Å². The molecule has 0 aromatic rings. The third-order valence-corrected chi connectivity index (χ3v) is 9.71. The number of hydrogen-bond donors (Lipinski definition) is 0. The van der Waals surface area contributed by atoms with Crippen molar-refractivity contribution in [3.8, 4) is 0 Å². The Hall–Kier alpha value is 0. The zero-order chi connectivity index (χ0) is 18.0. The van der Waals surface area contributed by atoms with E-state index in [1.165, 1.54) is 25.7 Å². The molecule has 2 spiro atoms. The fraction of sp³-hybridized carbons (Fsp3) is 1.00. The van der Waals surface area contributed by atoms with Gasteiger partial charge in [0, 0.05) is 0 Å². The highest BCUT2D eigenvalue weighted by Crippen LogP contribution is 2.67. The van der Waals surface area contributed by atoms with Gasteiger partial charge >= 0.3 is 0 Å². The van der Waals surface area contributed by atoms with E-state index in [9.17, 15) is 0 Å². The normalized spacial score (nSPS) is 46.4. The molecule has 0 atom stereocenters. The van der Waals surface area contributed by atoms with Gasteiger partial charge < -0.3 is 0 Å². The summed E-state index contributed by atoms with van der Waals surface area (Å²) in [6, 6.07) is 0. The van der Waals surface area contributed by atoms with Gasteiger partial charge in [0.15, 0.2) is 0 Å². The summed E-state index contributed by atoms with van der Waals surface area (Å²) in [6.45, 7) is 4.74. The van der Waals surface area contributed by atoms with E-state index in [-0.39, 0.29) is 0 Å². The highest BCUT2D eigenvalue weighted by molar-refractivity contribution is 5.06. The molecule has 0 radical (unpaired) electrons. The molecule has 4 aliphatic carbocycles. The molecule has 0 amide bonds. The highest BCUT2D eigenvalue weighted by Gasteiger charge is 2.55. The minimum absolute atomic E-state index is 0.827. The molecule has 150 valence electrons. The lowest BCUT2D eigenvalue weighted by molar-refractivity contribution is -0.106. The van der Waals surface area contributed by atoms with Crippen molar-refractivity contribution in [2.24, 2.45) is 34.5 Å². The van der Waals surface area contributed by atoms with Gasteiger partial charge in [-0.1, -0.05) is 52.4 Å². The van der Waals surface area contributed by atoms with Crippen LogP contribution in [0, 0.1) is 34.5 Å². The summed E-state index contributed by atoms with van der Waals surface area (Å²) < 4.78 is 0. The highest BCUT2D eigenvalue weighted by atomic mass is 14.6. The summed E-state index contributed by atoms with van der Waals surface area (Å²) in [5, 5.41) is 0. The number of rotatable bonds is 5. The summed E-state index contributed by atoms with van der Waals surface area (Å²) in [5.74, 6) is 4.39. The van der Waals surface area contributed by atoms with Crippen LogP contribution in [0.25, 0.3) is 0 Å². The molecule has 0 heterocycles. The quantitative estimate of drug-likeness (QED) is 0.462. The van der Waals surface area contributed by atoms with Crippen molar-refractivity contribution in [1.29, 1.82) is 0 Å². The Kier molecular flexibility index (Phi) is 6.07. The molecule has 4 rings (SSSR count). The van der Waals surface area contributed by atoms with Crippen LogP contribution < -0.4 is 0 Å². The Morgan fingerprint density at radius 1 is 0.538 bits per heavy atom. The van der Waals surface area contributed by atoms with Gasteiger partial charge in [0.1, 0.15) is 0 Å². The van der Waals surface area contributed by atoms with Crippen LogP contribution in [0.2, 0.25) is 0 Å². The van der Waals surface area contributed by atoms with E-state index < -0.39 is 0 Å². The minimum Gasteiger partial charge on any atom is -0.0654 e. The molecule has 0 nitrogen and oxygen atoms in total. The van der Waals surface area contributed by atoms with Gasteiger partial charge in [-0.05, 0) is 112 Å². The van der Waals surface area contributed by atoms with Crippen LogP contribution in [0.3, 0.4) is 0 Å². The molecule has 0 unspecified atom stereocenters. The average molecular weight is 359 g/mol. The Morgan fingerprint density at radius 2 is 0.962 bits per heavy atom. The van der Waals surface area contributed by atoms with Crippen LogP contribution in [0.5, 0.6) is 0 Å². The van der Waals surface area contributed by atoms with Gasteiger partial charge in [-0.3, -0.25) is 0 Å². The molecule has 4 aliphatic rings. The molecule has 0 bridgehead atoms. The fourth-order valence-electron chi connectivity index (χ4n) is 8.31. The molecule has 4 fully saturated rings. The van der Waals surface area contributed by atoms with Crippen LogP contribution >= 0.6 is 0 Å². The second-order valence-electron chi connectivity index (χ2n) is 11.5. The standard InChI is InChI=1S/C26H46/c1-3-5-21-7-9-23(10-8-21)24-13-17-26(18-14-24)19-25(20-26)15-11-22(6-4-2)12-16-25/h21-24H,3-20H2,1-2H3. The summed E-state index contributed by atoms with van der Waals surface area (Å²) in [5.41, 5.74) is 1.66. The molecular weight excluding hydrogens is 312 g/mol. The van der Waals surface area contributed by atoms with Gasteiger partial charge in [-0.2, -0.15) is 0 Å². The zero-order valence-electron chi connectivity index (χ0n) is 18.0. The van der Waals surface area contributed by atoms with E-state index in [1.807, 2.05) is 0 Å². The molecule has 26 heavy (non-hydrogen) atoms. The summed E-state index contributed by atoms with van der Waals surface area (Å²) in [4.78, 5) is 0. The first-order valence-corrected chi connectivity index (χ1v) is 12.7. The van der Waals surface area contributed by atoms with Gasteiger partial charge in [0.25, 0.3) is 0 Å². The monoisotopic (exact) mass is 358 g/mol. The second kappa shape index (κ2) is 8.16. The third kappa shape index (κ3) is 4.05. The molecule has 0 heteroatoms. The smallest absolute Gasteiger partial charge is 0.0287 e. The molecule has 0 aromatic heterocycles. The van der Waals surface area contributed by atoms with Crippen molar-refractivity contribution in [2.45, 2.75) is 129 Å². The summed E-state index contributed by atoms with van der Waals surface area (Å²) >= 11 is 0. The molecule has 4 saturated carbocycles. The van der Waals surface area contributed by atoms with E-state index in [0.29, 0.717) is 0 Å². The summed E-state index contributed by atoms with van der Waals surface area (Å²) in [7, 11) is 0. The third-order valence-electron chi connectivity index (χ3n) is 9.71. The van der Waals surface area contributed by atoms with Crippen LogP contribution in [0.4, 0.5) is 0 Å². The van der Waals surface area contributed by atoms with Crippen molar-refractivity contribution in [3.63, 3.8) is 0 Å². The maximum Gasteiger partial charge on any atom is -0.0287 e. The predicted molar refractivity (Wildman–Crippen MR) is 113 cm³/mol. The molecular formula is C26H46. The Bertz CT molecular complexity index is 415. The van der Waals surface area contributed by atoms with Gasteiger partial charge in [-0.15, -0.1) is 0 Å². The van der Waals surface area contributed by atoms with Crippen molar-refractivity contribution in [3.05, 3.63) is 0 Å². The maximum atomic E-state index is 2.37. The van der Waals surface area contributed by atoms with Crippen LogP contribution in [-0.2, 0) is 0 Å². The lowest BCUT2D eigenvalue weighted by Gasteiger charge is -2.62. The van der Waals surface area contributed by atoms with Crippen molar-refractivity contribution in [2.75, 3.05) is 0 Å². The molecule has 0 aliphatic heterocycles. The first-order valence-electron chi connectivity index (χ1n) is 12.7. The Morgan fingerprint density at radius 3 is 1.46 bits per heavy atom. The van der Waals surface area contributed by atoms with Crippen molar-refractivity contribution in [1.82, 2.24) is 0 Å². The average Bonchev–Trinajstić information content (AvgIpc) is 2.64. The van der Waals surface area contributed by atoms with E-state index in [0.717, 1.165) is 34.5 Å². The molecule has 0 N–H and O–H groups in total. The van der Waals surface area contributed by atoms with Gasteiger partial charge in [0.05, 0.1) is 0 Å². The minimum atomic E-state index is 0.827. The summed E-state index contributed by atoms with van der Waals surface area (Å²) in [6.07, 6.45) is 28.0. The van der Waals surface area contributed by atoms with E-state index >= 15 is 0 Å². The van der Waals surface area contributed by atoms with Gasteiger partial charge in [-0.25, -0.2) is 0 Å². The van der Waals surface area contributed by atoms with E-state index in [1.54, 1.807) is 89.9 Å². The zero-order valence-corrected chi connectivity index (χ0v) is 18.0. The Balaban J connectivity index is 1.20. The van der Waals surface area contributed by atoms with E-state index in [2.05, 4.69) is 13.8 Å². The molecule has 0 saturated heterocycles. The lowest BCUT2D eigenvalue weighted by atomic mass is 9.43. The van der Waals surface area contributed by atoms with Crippen LogP contribution in [0.1, 0.15) is 129 Å². The van der Waals surface area contributed by atoms with E-state index in [4.69, 9.17) is 0 Å². The largest absolute Gasteiger partial charge is 0.0654 e. The first-order chi connectivity index (χ1) is 12.7. The SMILES string of the molecule is CCCC1CCC(C2CCC3(CC2)CC2(CCC(CCC)CC2)C3)CC1. The van der Waals surface area contributed by atoms with Crippen LogP contribution in [-0.4, -0.2) is 0 Å². The van der Waals surface area contributed by atoms with Gasteiger partial charge in [0.2, 0.25) is 0 Å². The fourth-order valence-corrected chi connectivity index (χ4v) is 8.31. The first kappa shape index (κ1) is 19.3. The van der Waals surface area contributed by atoms with Crippen molar-refractivity contribution < 1.29 is 0 Å². The predicted octanol–water partition coefficient (Wildman–Crippen LogP) is 8.54. The topological polar surface area (TPSA) is 0 Å². The van der Waals surface area contributed by atoms with Crippen molar-refractivity contribution >= 4 is 0 Å². The maximum absolute atomic E-state index is 2.37. The molecule has 0 aromatic carbocycles. The Labute approximate surface area is 164 Å². The number of hydrogen-bond acceptors (Lipinski definition) is 0. The lowest BCUT2D eigenvalue weighted by Crippen LogP contribution is -2.50. The second-order valence-corrected chi connectivity index (χ2v) is 11.5.